The van der Waals surface area contributed by atoms with Crippen molar-refractivity contribution < 1.29 is 22.5 Å². The lowest BCUT2D eigenvalue weighted by molar-refractivity contribution is -0.137. The van der Waals surface area contributed by atoms with Crippen molar-refractivity contribution in [3.8, 4) is 21.7 Å². The van der Waals surface area contributed by atoms with Crippen LogP contribution in [-0.2, 0) is 6.18 Å². The zero-order valence-electron chi connectivity index (χ0n) is 14.7. The second-order valence-electron chi connectivity index (χ2n) is 6.17. The van der Waals surface area contributed by atoms with Crippen molar-refractivity contribution in [2.45, 2.75) is 6.18 Å². The van der Waals surface area contributed by atoms with Gasteiger partial charge in [0, 0.05) is 22.2 Å². The van der Waals surface area contributed by atoms with Crippen molar-refractivity contribution >= 4 is 22.9 Å². The first-order valence-electron chi connectivity index (χ1n) is 8.50. The van der Waals surface area contributed by atoms with Crippen LogP contribution >= 0.6 is 11.3 Å². The van der Waals surface area contributed by atoms with Gasteiger partial charge in [-0.2, -0.15) is 13.2 Å². The van der Waals surface area contributed by atoms with E-state index in [0.717, 1.165) is 28.1 Å². The molecule has 2 aromatic carbocycles. The lowest BCUT2D eigenvalue weighted by Gasteiger charge is -2.08. The average Bonchev–Trinajstić information content (AvgIpc) is 3.40. The standard InChI is InChI=1S/C21H13F3N2O2S/c22-21(23,24)15-6-2-7-16(11-15)25-20(27)18-12-17(26-28-18)13-4-1-5-14(10-13)19-8-3-9-29-19/h1-12H,(H,25,27). The van der Waals surface area contributed by atoms with Crippen LogP contribution in [0.2, 0.25) is 0 Å². The number of amides is 1. The van der Waals surface area contributed by atoms with Gasteiger partial charge in [0.2, 0.25) is 5.76 Å². The summed E-state index contributed by atoms with van der Waals surface area (Å²) < 4.78 is 43.5. The number of carbonyl (C=O) groups excluding carboxylic acids is 1. The van der Waals surface area contributed by atoms with E-state index in [1.165, 1.54) is 18.2 Å². The molecule has 4 aromatic rings. The fraction of sp³-hybridized carbons (Fsp3) is 0.0476. The molecule has 1 amide bonds. The fourth-order valence-electron chi connectivity index (χ4n) is 2.76. The molecule has 1 N–H and O–H groups in total. The third kappa shape index (κ3) is 4.22. The SMILES string of the molecule is O=C(Nc1cccc(C(F)(F)F)c1)c1cc(-c2cccc(-c3cccs3)c2)no1. The van der Waals surface area contributed by atoms with E-state index in [2.05, 4.69) is 10.5 Å². The maximum absolute atomic E-state index is 12.8. The smallest absolute Gasteiger partial charge is 0.350 e. The van der Waals surface area contributed by atoms with Gasteiger partial charge in [0.1, 0.15) is 5.69 Å². The number of thiophene rings is 1. The maximum Gasteiger partial charge on any atom is 0.416 e. The molecular formula is C21H13F3N2O2S. The topological polar surface area (TPSA) is 55.1 Å². The summed E-state index contributed by atoms with van der Waals surface area (Å²) in [6, 6.07) is 17.4. The van der Waals surface area contributed by atoms with Crippen LogP contribution < -0.4 is 5.32 Å². The number of alkyl halides is 3. The first-order chi connectivity index (χ1) is 13.9. The number of rotatable bonds is 4. The van der Waals surface area contributed by atoms with E-state index in [1.807, 2.05) is 41.8 Å². The molecule has 0 aliphatic carbocycles. The van der Waals surface area contributed by atoms with E-state index in [9.17, 15) is 18.0 Å². The molecule has 29 heavy (non-hydrogen) atoms. The molecule has 8 heteroatoms. The monoisotopic (exact) mass is 414 g/mol. The van der Waals surface area contributed by atoms with Gasteiger partial charge >= 0.3 is 6.18 Å². The van der Waals surface area contributed by atoms with Crippen LogP contribution in [0.4, 0.5) is 18.9 Å². The van der Waals surface area contributed by atoms with E-state index in [0.29, 0.717) is 5.69 Å². The molecule has 0 aliphatic heterocycles. The molecule has 0 spiro atoms. The zero-order valence-corrected chi connectivity index (χ0v) is 15.6. The lowest BCUT2D eigenvalue weighted by Crippen LogP contribution is -2.12. The fourth-order valence-corrected chi connectivity index (χ4v) is 3.48. The van der Waals surface area contributed by atoms with Crippen LogP contribution in [0.25, 0.3) is 21.7 Å². The molecule has 0 bridgehead atoms. The Labute approximate surface area is 167 Å². The van der Waals surface area contributed by atoms with E-state index in [1.54, 1.807) is 11.3 Å². The predicted molar refractivity (Wildman–Crippen MR) is 105 cm³/mol. The summed E-state index contributed by atoms with van der Waals surface area (Å²) in [6.45, 7) is 0. The zero-order chi connectivity index (χ0) is 20.4. The summed E-state index contributed by atoms with van der Waals surface area (Å²) in [5.41, 5.74) is 1.40. The van der Waals surface area contributed by atoms with E-state index >= 15 is 0 Å². The molecule has 0 unspecified atom stereocenters. The van der Waals surface area contributed by atoms with Gasteiger partial charge in [0.05, 0.1) is 5.56 Å². The largest absolute Gasteiger partial charge is 0.416 e. The Morgan fingerprint density at radius 2 is 1.76 bits per heavy atom. The highest BCUT2D eigenvalue weighted by Crippen LogP contribution is 2.31. The van der Waals surface area contributed by atoms with Crippen LogP contribution in [0.1, 0.15) is 16.1 Å². The number of benzene rings is 2. The minimum absolute atomic E-state index is 0.0162. The third-order valence-corrected chi connectivity index (χ3v) is 5.06. The van der Waals surface area contributed by atoms with Crippen molar-refractivity contribution in [2.24, 2.45) is 0 Å². The highest BCUT2D eigenvalue weighted by atomic mass is 32.1. The molecule has 0 aliphatic rings. The van der Waals surface area contributed by atoms with Crippen LogP contribution in [0.15, 0.2) is 76.6 Å². The van der Waals surface area contributed by atoms with Crippen molar-refractivity contribution in [1.29, 1.82) is 0 Å². The predicted octanol–water partition coefficient (Wildman–Crippen LogP) is 6.34. The van der Waals surface area contributed by atoms with Gasteiger partial charge in [0.15, 0.2) is 0 Å². The van der Waals surface area contributed by atoms with Crippen LogP contribution in [0, 0.1) is 0 Å². The van der Waals surface area contributed by atoms with E-state index in [-0.39, 0.29) is 11.4 Å². The van der Waals surface area contributed by atoms with Gasteiger partial charge in [-0.25, -0.2) is 0 Å². The Kier molecular flexibility index (Phi) is 4.94. The van der Waals surface area contributed by atoms with E-state index in [4.69, 9.17) is 4.52 Å². The lowest BCUT2D eigenvalue weighted by atomic mass is 10.1. The molecule has 146 valence electrons. The number of carbonyl (C=O) groups is 1. The number of hydrogen-bond acceptors (Lipinski definition) is 4. The number of nitrogens with zero attached hydrogens (tertiary/aromatic N) is 1. The second kappa shape index (κ2) is 7.56. The molecule has 0 fully saturated rings. The van der Waals surface area contributed by atoms with Gasteiger partial charge in [-0.1, -0.05) is 35.5 Å². The Hall–Kier alpha value is -3.39. The number of halogens is 3. The van der Waals surface area contributed by atoms with E-state index < -0.39 is 17.6 Å². The normalized spacial score (nSPS) is 11.4. The Bertz CT molecular complexity index is 1150. The summed E-state index contributed by atoms with van der Waals surface area (Å²) in [4.78, 5) is 13.4. The van der Waals surface area contributed by atoms with Gasteiger partial charge < -0.3 is 9.84 Å². The quantitative estimate of drug-likeness (QED) is 0.424. The Morgan fingerprint density at radius 3 is 2.52 bits per heavy atom. The number of anilines is 1. The minimum Gasteiger partial charge on any atom is -0.350 e. The molecule has 0 saturated carbocycles. The summed E-state index contributed by atoms with van der Waals surface area (Å²) in [5, 5.41) is 8.29. The summed E-state index contributed by atoms with van der Waals surface area (Å²) in [7, 11) is 0. The van der Waals surface area contributed by atoms with Gasteiger partial charge in [-0.15, -0.1) is 11.3 Å². The van der Waals surface area contributed by atoms with Gasteiger partial charge in [-0.3, -0.25) is 4.79 Å². The summed E-state index contributed by atoms with van der Waals surface area (Å²) >= 11 is 1.61. The Balaban J connectivity index is 1.54. The number of nitrogens with one attached hydrogen (secondary N) is 1. The molecule has 0 radical (unpaired) electrons. The average molecular weight is 414 g/mol. The van der Waals surface area contributed by atoms with Crippen LogP contribution in [0.5, 0.6) is 0 Å². The molecular weight excluding hydrogens is 401 g/mol. The maximum atomic E-state index is 12.8. The molecule has 0 saturated heterocycles. The Morgan fingerprint density at radius 1 is 0.966 bits per heavy atom. The second-order valence-corrected chi connectivity index (χ2v) is 7.11. The van der Waals surface area contributed by atoms with Crippen LogP contribution in [0.3, 0.4) is 0 Å². The van der Waals surface area contributed by atoms with Crippen LogP contribution in [-0.4, -0.2) is 11.1 Å². The first kappa shape index (κ1) is 18.9. The van der Waals surface area contributed by atoms with Gasteiger partial charge in [-0.05, 0) is 41.3 Å². The molecule has 0 atom stereocenters. The summed E-state index contributed by atoms with van der Waals surface area (Å²) in [5.74, 6) is -0.781. The first-order valence-corrected chi connectivity index (χ1v) is 9.38. The van der Waals surface area contributed by atoms with Crippen molar-refractivity contribution in [3.05, 3.63) is 83.4 Å². The van der Waals surface area contributed by atoms with Crippen molar-refractivity contribution in [3.63, 3.8) is 0 Å². The number of aromatic nitrogens is 1. The third-order valence-electron chi connectivity index (χ3n) is 4.15. The summed E-state index contributed by atoms with van der Waals surface area (Å²) in [6.07, 6.45) is -4.49. The molecule has 2 heterocycles. The highest BCUT2D eigenvalue weighted by molar-refractivity contribution is 7.13. The molecule has 2 aromatic heterocycles. The van der Waals surface area contributed by atoms with Gasteiger partial charge in [0.25, 0.3) is 5.91 Å². The molecule has 4 nitrogen and oxygen atoms in total. The van der Waals surface area contributed by atoms with Crippen molar-refractivity contribution in [1.82, 2.24) is 5.16 Å². The minimum atomic E-state index is -4.49. The van der Waals surface area contributed by atoms with Crippen molar-refractivity contribution in [2.75, 3.05) is 5.32 Å². The molecule has 4 rings (SSSR count). The highest BCUT2D eigenvalue weighted by Gasteiger charge is 2.30. The number of hydrogen-bond donors (Lipinski definition) is 1.